The van der Waals surface area contributed by atoms with Crippen molar-refractivity contribution in [1.29, 1.82) is 0 Å². The lowest BCUT2D eigenvalue weighted by atomic mass is 10.0. The van der Waals surface area contributed by atoms with E-state index < -0.39 is 48.4 Å². The van der Waals surface area contributed by atoms with Crippen LogP contribution in [0, 0.1) is 23.3 Å². The topological polar surface area (TPSA) is 18.5 Å². The van der Waals surface area contributed by atoms with E-state index in [1.807, 2.05) is 24.3 Å². The van der Waals surface area contributed by atoms with Crippen molar-refractivity contribution in [2.45, 2.75) is 26.4 Å². The molecule has 0 fully saturated rings. The summed E-state index contributed by atoms with van der Waals surface area (Å²) in [5, 5.41) is 0. The van der Waals surface area contributed by atoms with Crippen LogP contribution in [0.3, 0.4) is 0 Å². The van der Waals surface area contributed by atoms with Gasteiger partial charge in [0.05, 0.1) is 19.9 Å². The van der Waals surface area contributed by atoms with Crippen molar-refractivity contribution in [1.82, 2.24) is 0 Å². The zero-order valence-corrected chi connectivity index (χ0v) is 20.4. The van der Waals surface area contributed by atoms with Gasteiger partial charge in [-0.2, -0.15) is 8.78 Å². The van der Waals surface area contributed by atoms with Crippen LogP contribution >= 0.6 is 0 Å². The van der Waals surface area contributed by atoms with Crippen molar-refractivity contribution in [2.24, 2.45) is 0 Å². The van der Waals surface area contributed by atoms with Crippen molar-refractivity contribution in [3.63, 3.8) is 0 Å². The van der Waals surface area contributed by atoms with Crippen LogP contribution in [0.1, 0.15) is 24.5 Å². The molecule has 0 N–H and O–H groups in total. The molecular formula is C27H26F8O2. The second kappa shape index (κ2) is 16.2. The molecule has 0 heterocycles. The molecule has 0 bridgehead atoms. The Labute approximate surface area is 210 Å². The van der Waals surface area contributed by atoms with Gasteiger partial charge in [-0.1, -0.05) is 37.6 Å². The second-order valence-electron chi connectivity index (χ2n) is 7.22. The third kappa shape index (κ3) is 9.78. The Bertz CT molecular complexity index is 1100. The van der Waals surface area contributed by atoms with E-state index >= 15 is 0 Å². The summed E-state index contributed by atoms with van der Waals surface area (Å²) in [5.41, 5.74) is 1.91. The molecule has 37 heavy (non-hydrogen) atoms. The van der Waals surface area contributed by atoms with Gasteiger partial charge in [-0.3, -0.25) is 4.39 Å². The third-order valence-corrected chi connectivity index (χ3v) is 4.76. The van der Waals surface area contributed by atoms with E-state index in [0.29, 0.717) is 18.3 Å². The Kier molecular flexibility index (Phi) is 13.8. The first-order chi connectivity index (χ1) is 17.7. The largest absolute Gasteiger partial charge is 0.491 e. The maximum absolute atomic E-state index is 14.5. The zero-order chi connectivity index (χ0) is 28.0. The lowest BCUT2D eigenvalue weighted by Crippen LogP contribution is -2.04. The normalized spacial score (nSPS) is 9.92. The third-order valence-electron chi connectivity index (χ3n) is 4.76. The molecule has 3 aromatic rings. The molecule has 0 unspecified atom stereocenters. The van der Waals surface area contributed by atoms with E-state index in [4.69, 9.17) is 4.74 Å². The Morgan fingerprint density at radius 2 is 1.35 bits per heavy atom. The SMILES string of the molecule is CCCc1ccc(-c2cc(F)c(COc3cc(F)c(OC)c(F)c3)c(F)c2)cc1.CF.FCC=C(F)F. The molecule has 0 aliphatic rings. The Morgan fingerprint density at radius 3 is 1.76 bits per heavy atom. The minimum atomic E-state index is -1.96. The van der Waals surface area contributed by atoms with Crippen LogP contribution in [0.15, 0.2) is 60.7 Å². The van der Waals surface area contributed by atoms with Crippen LogP contribution in [0.2, 0.25) is 0 Å². The molecule has 0 aliphatic carbocycles. The van der Waals surface area contributed by atoms with Crippen LogP contribution in [0.5, 0.6) is 11.5 Å². The molecule has 2 nitrogen and oxygen atoms in total. The van der Waals surface area contributed by atoms with Crippen LogP contribution in [-0.4, -0.2) is 21.0 Å². The second-order valence-corrected chi connectivity index (χ2v) is 7.22. The first kappa shape index (κ1) is 31.5. The molecule has 0 aromatic heterocycles. The molecule has 0 saturated carbocycles. The van der Waals surface area contributed by atoms with Crippen molar-refractivity contribution in [3.8, 4) is 22.6 Å². The van der Waals surface area contributed by atoms with Gasteiger partial charge in [-0.05, 0) is 35.2 Å². The number of alkyl halides is 2. The Balaban J connectivity index is 0.000000752. The maximum Gasteiger partial charge on any atom is 0.268 e. The summed E-state index contributed by atoms with van der Waals surface area (Å²) in [6, 6.07) is 11.7. The van der Waals surface area contributed by atoms with Crippen LogP contribution in [-0.2, 0) is 13.0 Å². The van der Waals surface area contributed by atoms with Gasteiger partial charge < -0.3 is 9.47 Å². The van der Waals surface area contributed by atoms with Gasteiger partial charge in [0.15, 0.2) is 17.4 Å². The van der Waals surface area contributed by atoms with Crippen LogP contribution < -0.4 is 9.47 Å². The number of methoxy groups -OCH3 is 1. The molecule has 0 radical (unpaired) electrons. The fraction of sp³-hybridized carbons (Fsp3) is 0.259. The van der Waals surface area contributed by atoms with Gasteiger partial charge in [0.1, 0.15) is 30.7 Å². The number of halogens is 8. The van der Waals surface area contributed by atoms with Gasteiger partial charge in [0, 0.05) is 18.2 Å². The zero-order valence-electron chi connectivity index (χ0n) is 20.4. The smallest absolute Gasteiger partial charge is 0.268 e. The summed E-state index contributed by atoms with van der Waals surface area (Å²) in [4.78, 5) is 0. The van der Waals surface area contributed by atoms with Gasteiger partial charge in [0.25, 0.3) is 6.08 Å². The monoisotopic (exact) mass is 534 g/mol. The Hall–Kier alpha value is -3.56. The van der Waals surface area contributed by atoms with Crippen LogP contribution in [0.4, 0.5) is 35.1 Å². The quantitative estimate of drug-likeness (QED) is 0.269. The Morgan fingerprint density at radius 1 is 0.811 bits per heavy atom. The molecule has 202 valence electrons. The average Bonchev–Trinajstić information content (AvgIpc) is 2.85. The number of rotatable bonds is 8. The molecule has 0 amide bonds. The van der Waals surface area contributed by atoms with Gasteiger partial charge in [0.2, 0.25) is 0 Å². The molecule has 0 aliphatic heterocycles. The van der Waals surface area contributed by atoms with Gasteiger partial charge in [-0.25, -0.2) is 22.0 Å². The summed E-state index contributed by atoms with van der Waals surface area (Å²) in [6.07, 6.45) is 0.197. The van der Waals surface area contributed by atoms with E-state index in [-0.39, 0.29) is 17.4 Å². The average molecular weight is 534 g/mol. The fourth-order valence-electron chi connectivity index (χ4n) is 3.09. The first-order valence-electron chi connectivity index (χ1n) is 10.9. The van der Waals surface area contributed by atoms with Gasteiger partial charge in [-0.15, -0.1) is 0 Å². The number of ether oxygens (including phenoxy) is 2. The van der Waals surface area contributed by atoms with Crippen molar-refractivity contribution >= 4 is 0 Å². The maximum atomic E-state index is 14.5. The molecule has 0 saturated heterocycles. The molecule has 3 rings (SSSR count). The number of allylic oxidation sites excluding steroid dienone is 1. The summed E-state index contributed by atoms with van der Waals surface area (Å²) >= 11 is 0. The molecule has 3 aromatic carbocycles. The van der Waals surface area contributed by atoms with Crippen LogP contribution in [0.25, 0.3) is 11.1 Å². The highest BCUT2D eigenvalue weighted by atomic mass is 19.3. The summed E-state index contributed by atoms with van der Waals surface area (Å²) in [5.74, 6) is -4.28. The number of benzene rings is 3. The number of hydrogen-bond acceptors (Lipinski definition) is 2. The lowest BCUT2D eigenvalue weighted by Gasteiger charge is -2.12. The predicted octanol–water partition coefficient (Wildman–Crippen LogP) is 8.77. The van der Waals surface area contributed by atoms with E-state index in [2.05, 4.69) is 11.7 Å². The molecular weight excluding hydrogens is 508 g/mol. The van der Waals surface area contributed by atoms with Crippen molar-refractivity contribution in [2.75, 3.05) is 21.0 Å². The van der Waals surface area contributed by atoms with E-state index in [1.54, 1.807) is 0 Å². The predicted molar refractivity (Wildman–Crippen MR) is 126 cm³/mol. The summed E-state index contributed by atoms with van der Waals surface area (Å²) in [7, 11) is 1.63. The lowest BCUT2D eigenvalue weighted by molar-refractivity contribution is 0.286. The standard InChI is InChI=1S/C23H20F4O2.C3H3F3.CH3F/c1-3-4-14-5-7-15(8-6-14)16-9-19(24)18(20(25)10-16)13-29-17-11-21(26)23(28-2)22(27)12-17;4-2-1-3(5)6;1-2/h5-12H,3-4,13H2,1-2H3;1H,2H2;1H3. The molecule has 10 heteroatoms. The molecule has 0 atom stereocenters. The van der Waals surface area contributed by atoms with E-state index in [9.17, 15) is 35.1 Å². The highest BCUT2D eigenvalue weighted by molar-refractivity contribution is 5.64. The van der Waals surface area contributed by atoms with E-state index in [0.717, 1.165) is 37.6 Å². The highest BCUT2D eigenvalue weighted by Gasteiger charge is 2.16. The summed E-state index contributed by atoms with van der Waals surface area (Å²) in [6.45, 7) is 0.481. The number of aryl methyl sites for hydroxylation is 1. The van der Waals surface area contributed by atoms with Gasteiger partial charge >= 0.3 is 0 Å². The first-order valence-corrected chi connectivity index (χ1v) is 10.9. The minimum absolute atomic E-state index is 0.199. The summed E-state index contributed by atoms with van der Waals surface area (Å²) < 4.78 is 108. The highest BCUT2D eigenvalue weighted by Crippen LogP contribution is 2.29. The van der Waals surface area contributed by atoms with Crippen molar-refractivity contribution < 1.29 is 44.6 Å². The van der Waals surface area contributed by atoms with E-state index in [1.165, 1.54) is 12.1 Å². The fourth-order valence-corrected chi connectivity index (χ4v) is 3.09. The molecule has 0 spiro atoms. The van der Waals surface area contributed by atoms with Crippen molar-refractivity contribution in [3.05, 3.63) is 95.1 Å². The number of hydrogen-bond donors (Lipinski definition) is 0. The minimum Gasteiger partial charge on any atom is -0.491 e.